The maximum absolute atomic E-state index is 12.9. The lowest BCUT2D eigenvalue weighted by Crippen LogP contribution is -2.32. The summed E-state index contributed by atoms with van der Waals surface area (Å²) in [6.07, 6.45) is 19.2. The van der Waals surface area contributed by atoms with Crippen molar-refractivity contribution in [3.05, 3.63) is 261 Å². The van der Waals surface area contributed by atoms with Crippen LogP contribution in [0.4, 0.5) is 9.59 Å². The predicted octanol–water partition coefficient (Wildman–Crippen LogP) is 30.7. The Bertz CT molecular complexity index is 5290. The number of carbonyl (C=O) groups is 4. The van der Waals surface area contributed by atoms with E-state index in [0.717, 1.165) is 129 Å². The Labute approximate surface area is 838 Å². The van der Waals surface area contributed by atoms with Crippen LogP contribution in [0.3, 0.4) is 0 Å². The number of hydrogen-bond acceptors (Lipinski definition) is 20. The van der Waals surface area contributed by atoms with Crippen molar-refractivity contribution in [3.63, 3.8) is 0 Å². The third-order valence-corrected chi connectivity index (χ3v) is 29.5. The van der Waals surface area contributed by atoms with Crippen molar-refractivity contribution in [1.82, 2.24) is 25.6 Å². The molecular weight excluding hydrogens is 2050 g/mol. The first kappa shape index (κ1) is 114. The Hall–Kier alpha value is -6.70. The summed E-state index contributed by atoms with van der Waals surface area (Å²) in [5.41, 5.74) is 17.7. The van der Waals surface area contributed by atoms with Gasteiger partial charge >= 0.3 is 24.1 Å². The Morgan fingerprint density at radius 2 is 0.831 bits per heavy atom. The van der Waals surface area contributed by atoms with Crippen molar-refractivity contribution in [2.24, 2.45) is 17.6 Å². The maximum atomic E-state index is 12.9. The number of unbranched alkanes of at least 4 members (excludes halogenated alkanes) is 2. The number of aryl methyl sites for hydroxylation is 5. The van der Waals surface area contributed by atoms with Gasteiger partial charge in [0.25, 0.3) is 0 Å². The Balaban J connectivity index is 0.000000283. The van der Waals surface area contributed by atoms with Crippen molar-refractivity contribution >= 4 is 179 Å². The second-order valence-corrected chi connectivity index (χ2v) is 45.5. The van der Waals surface area contributed by atoms with Crippen LogP contribution in [0.1, 0.15) is 211 Å². The molecule has 11 rings (SSSR count). The number of halogens is 5. The third-order valence-electron chi connectivity index (χ3n) is 19.4. The van der Waals surface area contributed by atoms with Gasteiger partial charge in [0.05, 0.1) is 70.6 Å². The Morgan fingerprint density at radius 1 is 0.446 bits per heavy atom. The molecule has 16 nitrogen and oxygen atoms in total. The van der Waals surface area contributed by atoms with Gasteiger partial charge in [0.15, 0.2) is 0 Å². The summed E-state index contributed by atoms with van der Waals surface area (Å²) in [7, 11) is -3.59. The van der Waals surface area contributed by atoms with Crippen molar-refractivity contribution < 1.29 is 46.5 Å². The molecule has 0 radical (unpaired) electrons. The number of nitrogens with one attached hydrogen (secondary N) is 2. The van der Waals surface area contributed by atoms with Gasteiger partial charge in [0, 0.05) is 46.2 Å². The molecule has 0 saturated carbocycles. The first-order valence-electron chi connectivity index (χ1n) is 44.2. The number of nitrogens with zero attached hydrogens (tertiary/aromatic N) is 3. The molecule has 3 heterocycles. The van der Waals surface area contributed by atoms with Gasteiger partial charge in [0.1, 0.15) is 30.4 Å². The number of carbonyl (C=O) groups excluding carboxylic acids is 4. The number of amides is 2. The summed E-state index contributed by atoms with van der Waals surface area (Å²) < 4.78 is 52.8. The van der Waals surface area contributed by atoms with Crippen LogP contribution in [0.25, 0.3) is 33.4 Å². The minimum Gasteiger partial charge on any atom is -0.465 e. The van der Waals surface area contributed by atoms with E-state index in [1.807, 2.05) is 109 Å². The van der Waals surface area contributed by atoms with Gasteiger partial charge in [0.2, 0.25) is 9.84 Å². The molecule has 3 aromatic heterocycles. The molecule has 8 aromatic carbocycles. The average Bonchev–Trinajstić information content (AvgIpc) is 1.28. The van der Waals surface area contributed by atoms with E-state index in [4.69, 9.17) is 24.7 Å². The van der Waals surface area contributed by atoms with E-state index < -0.39 is 33.2 Å². The molecule has 2 unspecified atom stereocenters. The van der Waals surface area contributed by atoms with E-state index in [1.165, 1.54) is 102 Å². The highest BCUT2D eigenvalue weighted by atomic mass is 79.9. The first-order chi connectivity index (χ1) is 61.7. The van der Waals surface area contributed by atoms with Crippen LogP contribution in [-0.4, -0.2) is 83.4 Å². The molecule has 0 fully saturated rings. The topological polar surface area (TPSA) is 228 Å². The highest BCUT2D eigenvalue weighted by molar-refractivity contribution is 9.11. The van der Waals surface area contributed by atoms with Crippen LogP contribution in [0.15, 0.2) is 246 Å². The quantitative estimate of drug-likeness (QED) is 0.0187. The number of alkyl carbamates (subject to hydrolysis) is 2. The number of rotatable bonds is 37. The zero-order valence-electron chi connectivity index (χ0n) is 77.5. The van der Waals surface area contributed by atoms with Gasteiger partial charge < -0.3 is 35.3 Å². The molecule has 704 valence electrons. The summed E-state index contributed by atoms with van der Waals surface area (Å²) in [5, 5.41) is 7.70. The van der Waals surface area contributed by atoms with E-state index in [9.17, 15) is 27.6 Å². The van der Waals surface area contributed by atoms with E-state index in [1.54, 1.807) is 65.0 Å². The third kappa shape index (κ3) is 44.6. The maximum Gasteiger partial charge on any atom is 0.408 e. The van der Waals surface area contributed by atoms with Crippen molar-refractivity contribution in [2.45, 2.75) is 259 Å². The van der Waals surface area contributed by atoms with Gasteiger partial charge in [-0.15, -0.1) is 69.9 Å². The molecule has 0 aliphatic heterocycles. The predicted molar refractivity (Wildman–Crippen MR) is 563 cm³/mol. The summed E-state index contributed by atoms with van der Waals surface area (Å²) in [4.78, 5) is 63.6. The lowest BCUT2D eigenvalue weighted by molar-refractivity contribution is -0.145. The summed E-state index contributed by atoms with van der Waals surface area (Å²) in [6.45, 7) is 32.6. The Kier molecular flexibility index (Phi) is 53.7. The number of thiazole rings is 3. The largest absolute Gasteiger partial charge is 0.465 e. The SMILES string of the molecule is CC(C)(C)OC(=O)NCc1ncc(Br)s1.CCCCC(CC)COC(=O)CCSc1cc(Br)cc(CC)c1.CCCCC(CC)COC(=O)CCSc1cc(CC)cc(-c2ccccc2)c1.CCc1cc(-c2ccccc2)cc(S(=O)(=O)c2cnc(CN)s2)c1.CCc1cc(Br)cc(Br)c1.CCc1cc(Sc2cnc(CNC(=O)OC(C)(C)C)s2)cc(-c2ccccc2)c1.Cl. The molecule has 0 aliphatic carbocycles. The molecule has 0 aliphatic rings. The van der Waals surface area contributed by atoms with E-state index in [-0.39, 0.29) is 35.1 Å². The van der Waals surface area contributed by atoms with Gasteiger partial charge in [-0.2, -0.15) is 0 Å². The van der Waals surface area contributed by atoms with Gasteiger partial charge in [-0.05, 0) is 248 Å². The lowest BCUT2D eigenvalue weighted by atomic mass is 10.0. The number of nitrogens with two attached hydrogens (primary N) is 1. The van der Waals surface area contributed by atoms with E-state index in [0.29, 0.717) is 60.9 Å². The monoisotopic (exact) mass is 2170 g/mol. The normalized spacial score (nSPS) is 11.4. The number of hydrogen-bond donors (Lipinski definition) is 3. The minimum atomic E-state index is -3.59. The average molecular weight is 2180 g/mol. The van der Waals surface area contributed by atoms with Gasteiger partial charge in [-0.25, -0.2) is 33.0 Å². The highest BCUT2D eigenvalue weighted by Gasteiger charge is 2.24. The lowest BCUT2D eigenvalue weighted by Gasteiger charge is -2.19. The Morgan fingerprint density at radius 3 is 1.24 bits per heavy atom. The standard InChI is InChI=1S/C25H34O2S.C23H26N2O2S2.C19H29BrO2S.C18H18N2O2S2.C9H13BrN2O2S.C8H8Br2.ClH/c1-4-7-11-20(5-2)19-27-25(26)14-15-28-24-17-21(6-3)16-23(18-24)22-12-9-8-10-13-22;1-5-16-11-18(17-9-7-6-8-10-17)13-19(12-16)28-21-15-24-20(29-21)14-25-22(26)27-23(2,3)4;1-4-7-8-15(5-2)14-22-19(21)9-10-23-18-12-16(6-3)11-17(20)13-18;1-2-13-8-15(14-6-4-3-5-7-14)10-16(9-13)24(21,22)18-12-20-17(11-19)23-18;1-9(2,3)14-8(13)12-5-7-11-4-6(10)15-7;1-2-6-3-7(9)5-8(10)4-6;/h8-10,12-13,16-18,20H,4-7,11,14-15,19H2,1-3H3;6-13,15H,5,14H2,1-4H3,(H,25,26);11-13,15H,4-10,14H2,1-3H3;3-10,12H,2,11,19H2,1H3;4H,5H2,1-3H3,(H,12,13);3-5H,2H2,1H3;1H. The van der Waals surface area contributed by atoms with Crippen LogP contribution < -0.4 is 16.4 Å². The number of esters is 2. The van der Waals surface area contributed by atoms with Gasteiger partial charge in [-0.3, -0.25) is 9.59 Å². The first-order valence-corrected chi connectivity index (χ1v) is 54.0. The van der Waals surface area contributed by atoms with Crippen LogP contribution in [0.5, 0.6) is 0 Å². The number of aromatic nitrogens is 3. The van der Waals surface area contributed by atoms with Crippen molar-refractivity contribution in [1.29, 1.82) is 0 Å². The second kappa shape index (κ2) is 61.3. The zero-order chi connectivity index (χ0) is 94.3. The summed E-state index contributed by atoms with van der Waals surface area (Å²) >= 11 is 23.0. The molecule has 28 heteroatoms. The second-order valence-electron chi connectivity index (χ2n) is 32.2. The van der Waals surface area contributed by atoms with Crippen LogP contribution in [0.2, 0.25) is 0 Å². The van der Waals surface area contributed by atoms with Crippen LogP contribution in [0, 0.1) is 11.8 Å². The summed E-state index contributed by atoms with van der Waals surface area (Å²) in [5.74, 6) is 2.40. The van der Waals surface area contributed by atoms with E-state index in [2.05, 4.69) is 260 Å². The van der Waals surface area contributed by atoms with Gasteiger partial charge in [-0.1, -0.05) is 270 Å². The molecule has 130 heavy (non-hydrogen) atoms. The highest BCUT2D eigenvalue weighted by Crippen LogP contribution is 2.38. The molecule has 0 saturated heterocycles. The number of thioether (sulfide) groups is 2. The van der Waals surface area contributed by atoms with E-state index >= 15 is 0 Å². The fourth-order valence-corrected chi connectivity index (χ4v) is 22.2. The zero-order valence-corrected chi connectivity index (χ0v) is 90.4. The summed E-state index contributed by atoms with van der Waals surface area (Å²) in [6, 6.07) is 62.3. The number of sulfone groups is 1. The molecular formula is C102H129Br4ClN6O10S7. The van der Waals surface area contributed by atoms with Crippen molar-refractivity contribution in [3.8, 4) is 33.4 Å². The number of benzene rings is 8. The molecule has 2 atom stereocenters. The minimum absolute atomic E-state index is 0. The molecule has 0 bridgehead atoms. The number of ether oxygens (including phenoxy) is 4. The fourth-order valence-electron chi connectivity index (χ4n) is 12.3. The van der Waals surface area contributed by atoms with Crippen molar-refractivity contribution in [2.75, 3.05) is 24.7 Å². The molecule has 4 N–H and O–H groups in total. The molecule has 11 aromatic rings. The molecule has 2 amide bonds. The fraction of sp³-hybridized carbons (Fsp3) is 0.402. The smallest absolute Gasteiger partial charge is 0.408 e. The van der Waals surface area contributed by atoms with Crippen LogP contribution in [-0.2, 0) is 90.1 Å². The molecule has 0 spiro atoms. The van der Waals surface area contributed by atoms with Crippen LogP contribution >= 0.6 is 145 Å².